The highest BCUT2D eigenvalue weighted by Crippen LogP contribution is 2.35. The van der Waals surface area contributed by atoms with Crippen molar-refractivity contribution in [2.75, 3.05) is 13.1 Å². The van der Waals surface area contributed by atoms with Crippen molar-refractivity contribution in [1.82, 2.24) is 5.32 Å². The van der Waals surface area contributed by atoms with Gasteiger partial charge in [0, 0.05) is 6.54 Å². The van der Waals surface area contributed by atoms with E-state index >= 15 is 0 Å². The first-order valence-corrected chi connectivity index (χ1v) is 22.6. The number of carbonyl (C=O) groups is 3. The van der Waals surface area contributed by atoms with Gasteiger partial charge in [-0.2, -0.15) is 0 Å². The molecular formula is C25H49NO8Si3. The molecule has 2 N–H and O–H groups in total. The predicted molar refractivity (Wildman–Crippen MR) is 152 cm³/mol. The third kappa shape index (κ3) is 15.6. The van der Waals surface area contributed by atoms with E-state index in [1.165, 1.54) is 0 Å². The molecule has 214 valence electrons. The molecule has 0 radical (unpaired) electrons. The Morgan fingerprint density at radius 1 is 0.865 bits per heavy atom. The number of carboxylic acid groups (broad SMARTS) is 1. The minimum Gasteiger partial charge on any atom is -0.481 e. The standard InChI is InChI=1S/C25H49NO8Si3/c1-19(2)17-26-18-25(30)31-21-11-10-20(16-22(21)32-24(29)13-12-23(27)28)14-15-37(9,33-35(3,4)5)34-36(6,7)8/h20-22,26H,1,10-18H2,2-9H3,(H,27,28). The second kappa shape index (κ2) is 14.7. The SMILES string of the molecule is C=C(C)CNCC(=O)OC1CCC(CC[Si](C)(O[Si](C)(C)C)O[Si](C)(C)C)CC1OC(=O)CCC(=O)O. The van der Waals surface area contributed by atoms with E-state index in [9.17, 15) is 14.4 Å². The average molecular weight is 576 g/mol. The van der Waals surface area contributed by atoms with E-state index in [1.54, 1.807) is 0 Å². The lowest BCUT2D eigenvalue weighted by molar-refractivity contribution is -0.173. The quantitative estimate of drug-likeness (QED) is 0.152. The number of hydrogen-bond donors (Lipinski definition) is 2. The zero-order chi connectivity index (χ0) is 28.4. The van der Waals surface area contributed by atoms with Gasteiger partial charge in [0.05, 0.1) is 19.4 Å². The van der Waals surface area contributed by atoms with Gasteiger partial charge in [-0.25, -0.2) is 0 Å². The van der Waals surface area contributed by atoms with Crippen molar-refractivity contribution >= 4 is 43.1 Å². The molecule has 12 heteroatoms. The highest BCUT2D eigenvalue weighted by atomic mass is 28.5. The second-order valence-corrected chi connectivity index (χ2v) is 25.1. The van der Waals surface area contributed by atoms with Crippen LogP contribution in [0.4, 0.5) is 0 Å². The van der Waals surface area contributed by atoms with Crippen molar-refractivity contribution in [3.05, 3.63) is 12.2 Å². The van der Waals surface area contributed by atoms with Crippen LogP contribution in [-0.4, -0.2) is 73.5 Å². The van der Waals surface area contributed by atoms with Crippen LogP contribution >= 0.6 is 0 Å². The number of ether oxygens (including phenoxy) is 2. The van der Waals surface area contributed by atoms with Crippen molar-refractivity contribution in [3.8, 4) is 0 Å². The van der Waals surface area contributed by atoms with Gasteiger partial charge in [-0.15, -0.1) is 0 Å². The van der Waals surface area contributed by atoms with Crippen molar-refractivity contribution in [1.29, 1.82) is 0 Å². The summed E-state index contributed by atoms with van der Waals surface area (Å²) in [7, 11) is -6.02. The lowest BCUT2D eigenvalue weighted by atomic mass is 9.83. The van der Waals surface area contributed by atoms with Crippen LogP contribution in [0.15, 0.2) is 12.2 Å². The number of nitrogens with one attached hydrogen (secondary N) is 1. The number of rotatable bonds is 16. The topological polar surface area (TPSA) is 120 Å². The Kier molecular flexibility index (Phi) is 13.4. The molecule has 1 aliphatic carbocycles. The molecular weight excluding hydrogens is 527 g/mol. The number of hydrogen-bond acceptors (Lipinski definition) is 8. The van der Waals surface area contributed by atoms with Crippen molar-refractivity contribution in [3.63, 3.8) is 0 Å². The minimum atomic E-state index is -2.40. The van der Waals surface area contributed by atoms with Crippen molar-refractivity contribution in [2.45, 2.75) is 110 Å². The molecule has 9 nitrogen and oxygen atoms in total. The Labute approximate surface area is 226 Å². The maximum atomic E-state index is 12.4. The molecule has 0 aliphatic heterocycles. The lowest BCUT2D eigenvalue weighted by Gasteiger charge is -2.40. The van der Waals surface area contributed by atoms with E-state index in [2.05, 4.69) is 57.7 Å². The Bertz CT molecular complexity index is 778. The maximum absolute atomic E-state index is 12.4. The van der Waals surface area contributed by atoms with E-state index < -0.39 is 55.3 Å². The fraction of sp³-hybridized carbons (Fsp3) is 0.800. The number of esters is 2. The highest BCUT2D eigenvalue weighted by Gasteiger charge is 2.42. The van der Waals surface area contributed by atoms with Crippen LogP contribution in [0.25, 0.3) is 0 Å². The van der Waals surface area contributed by atoms with Crippen LogP contribution in [0.5, 0.6) is 0 Å². The Morgan fingerprint density at radius 2 is 1.43 bits per heavy atom. The first-order chi connectivity index (χ1) is 16.9. The van der Waals surface area contributed by atoms with E-state index in [0.29, 0.717) is 19.4 Å². The first kappa shape index (κ1) is 33.7. The normalized spacial score (nSPS) is 20.8. The molecule has 0 aromatic heterocycles. The van der Waals surface area contributed by atoms with Gasteiger partial charge in [0.2, 0.25) is 0 Å². The minimum absolute atomic E-state index is 0.0402. The molecule has 0 heterocycles. The summed E-state index contributed by atoms with van der Waals surface area (Å²) in [6.45, 7) is 21.5. The number of carbonyl (C=O) groups excluding carboxylic acids is 2. The lowest BCUT2D eigenvalue weighted by Crippen LogP contribution is -2.52. The van der Waals surface area contributed by atoms with Crippen molar-refractivity contribution < 1.29 is 37.2 Å². The monoisotopic (exact) mass is 575 g/mol. The summed E-state index contributed by atoms with van der Waals surface area (Å²) in [4.78, 5) is 35.6. The van der Waals surface area contributed by atoms with Crippen LogP contribution < -0.4 is 5.32 Å². The zero-order valence-corrected chi connectivity index (χ0v) is 27.1. The fourth-order valence-electron chi connectivity index (χ4n) is 4.61. The zero-order valence-electron chi connectivity index (χ0n) is 24.1. The number of aliphatic carboxylic acids is 1. The molecule has 0 spiro atoms. The molecule has 3 atom stereocenters. The van der Waals surface area contributed by atoms with Gasteiger partial charge in [0.1, 0.15) is 12.2 Å². The van der Waals surface area contributed by atoms with Crippen LogP contribution in [-0.2, 0) is 32.1 Å². The summed E-state index contributed by atoms with van der Waals surface area (Å²) >= 11 is 0. The summed E-state index contributed by atoms with van der Waals surface area (Å²) in [6.07, 6.45) is 1.19. The van der Waals surface area contributed by atoms with E-state index in [-0.39, 0.29) is 25.3 Å². The number of carboxylic acids is 1. The van der Waals surface area contributed by atoms with Gasteiger partial charge in [-0.3, -0.25) is 14.4 Å². The molecule has 0 aromatic carbocycles. The third-order valence-electron chi connectivity index (χ3n) is 5.70. The molecule has 1 saturated carbocycles. The van der Waals surface area contributed by atoms with Gasteiger partial charge in [-0.05, 0) is 90.4 Å². The van der Waals surface area contributed by atoms with Crippen LogP contribution in [0.2, 0.25) is 51.9 Å². The summed E-state index contributed by atoms with van der Waals surface area (Å²) in [5.74, 6) is -1.80. The summed E-state index contributed by atoms with van der Waals surface area (Å²) in [5, 5.41) is 11.9. The fourth-order valence-corrected chi connectivity index (χ4v) is 17.3. The molecule has 0 bridgehead atoms. The Balaban J connectivity index is 2.88. The Morgan fingerprint density at radius 3 is 1.95 bits per heavy atom. The van der Waals surface area contributed by atoms with Gasteiger partial charge in [0.25, 0.3) is 0 Å². The Hall–Kier alpha value is -1.32. The highest BCUT2D eigenvalue weighted by molar-refractivity contribution is 6.87. The smallest absolute Gasteiger partial charge is 0.320 e. The molecule has 0 amide bonds. The van der Waals surface area contributed by atoms with Crippen molar-refractivity contribution in [2.24, 2.45) is 5.92 Å². The van der Waals surface area contributed by atoms with Gasteiger partial charge < -0.3 is 28.1 Å². The summed E-state index contributed by atoms with van der Waals surface area (Å²) < 4.78 is 24.6. The third-order valence-corrected chi connectivity index (χ3v) is 15.2. The largest absolute Gasteiger partial charge is 0.481 e. The molecule has 37 heavy (non-hydrogen) atoms. The summed E-state index contributed by atoms with van der Waals surface area (Å²) in [6, 6.07) is 0.848. The molecule has 1 fully saturated rings. The molecule has 1 rings (SSSR count). The van der Waals surface area contributed by atoms with Crippen LogP contribution in [0.3, 0.4) is 0 Å². The molecule has 0 saturated heterocycles. The van der Waals surface area contributed by atoms with E-state index in [1.807, 2.05) is 6.92 Å². The van der Waals surface area contributed by atoms with Crippen LogP contribution in [0.1, 0.15) is 45.4 Å². The van der Waals surface area contributed by atoms with E-state index in [4.69, 9.17) is 22.8 Å². The van der Waals surface area contributed by atoms with Gasteiger partial charge in [0.15, 0.2) is 16.6 Å². The predicted octanol–water partition coefficient (Wildman–Crippen LogP) is 4.81. The van der Waals surface area contributed by atoms with E-state index in [0.717, 1.165) is 24.5 Å². The first-order valence-electron chi connectivity index (χ1n) is 13.2. The summed E-state index contributed by atoms with van der Waals surface area (Å²) in [5.41, 5.74) is 0.908. The maximum Gasteiger partial charge on any atom is 0.320 e. The molecule has 0 aromatic rings. The second-order valence-electron chi connectivity index (χ2n) is 12.3. The molecule has 3 unspecified atom stereocenters. The molecule has 1 aliphatic rings. The van der Waals surface area contributed by atoms with Gasteiger partial charge >= 0.3 is 26.5 Å². The van der Waals surface area contributed by atoms with Gasteiger partial charge in [-0.1, -0.05) is 12.2 Å². The average Bonchev–Trinajstić information content (AvgIpc) is 2.69. The van der Waals surface area contributed by atoms with Crippen LogP contribution in [0, 0.1) is 5.92 Å².